The van der Waals surface area contributed by atoms with E-state index in [1.165, 1.54) is 31.9 Å². The highest BCUT2D eigenvalue weighted by Gasteiger charge is 2.14. The van der Waals surface area contributed by atoms with Crippen molar-refractivity contribution < 1.29 is 9.66 Å². The van der Waals surface area contributed by atoms with Crippen molar-refractivity contribution in [1.29, 1.82) is 0 Å². The van der Waals surface area contributed by atoms with E-state index in [2.05, 4.69) is 11.4 Å². The number of benzene rings is 1. The first-order valence-corrected chi connectivity index (χ1v) is 6.90. The van der Waals surface area contributed by atoms with Gasteiger partial charge in [0.1, 0.15) is 0 Å². The SMILES string of the molecule is COc1ccc(CNCCC2=CCCC2)cc1[N+](=O)[O-]. The molecule has 108 valence electrons. The number of methoxy groups -OCH3 is 1. The molecule has 0 atom stereocenters. The van der Waals surface area contributed by atoms with Crippen LogP contribution in [0.4, 0.5) is 5.69 Å². The summed E-state index contributed by atoms with van der Waals surface area (Å²) in [5, 5.41) is 14.3. The molecule has 0 saturated carbocycles. The average molecular weight is 276 g/mol. The maximum atomic E-state index is 10.9. The number of ether oxygens (including phenoxy) is 1. The first kappa shape index (κ1) is 14.5. The summed E-state index contributed by atoms with van der Waals surface area (Å²) in [5.74, 6) is 0.301. The summed E-state index contributed by atoms with van der Waals surface area (Å²) in [6.07, 6.45) is 7.09. The third-order valence-electron chi connectivity index (χ3n) is 3.53. The normalized spacial score (nSPS) is 14.2. The molecule has 1 aliphatic rings. The number of rotatable bonds is 7. The molecule has 5 heteroatoms. The van der Waals surface area contributed by atoms with Gasteiger partial charge in [0.15, 0.2) is 5.75 Å². The standard InChI is InChI=1S/C15H20N2O3/c1-20-15-7-6-13(10-14(15)17(18)19)11-16-9-8-12-4-2-3-5-12/h4,6-7,10,16H,2-3,5,8-9,11H2,1H3. The van der Waals surface area contributed by atoms with Crippen molar-refractivity contribution in [2.75, 3.05) is 13.7 Å². The highest BCUT2D eigenvalue weighted by molar-refractivity contribution is 5.48. The highest BCUT2D eigenvalue weighted by Crippen LogP contribution is 2.27. The molecule has 0 amide bonds. The lowest BCUT2D eigenvalue weighted by Gasteiger charge is -2.07. The number of nitrogens with zero attached hydrogens (tertiary/aromatic N) is 1. The molecule has 0 bridgehead atoms. The minimum absolute atomic E-state index is 0.0188. The van der Waals surface area contributed by atoms with E-state index >= 15 is 0 Å². The molecule has 1 N–H and O–H groups in total. The van der Waals surface area contributed by atoms with Gasteiger partial charge in [-0.1, -0.05) is 17.7 Å². The van der Waals surface area contributed by atoms with Crippen LogP contribution in [0.5, 0.6) is 5.75 Å². The fraction of sp³-hybridized carbons (Fsp3) is 0.467. The molecule has 20 heavy (non-hydrogen) atoms. The number of nitrogens with one attached hydrogen (secondary N) is 1. The third kappa shape index (κ3) is 3.81. The zero-order valence-corrected chi connectivity index (χ0v) is 11.7. The van der Waals surface area contributed by atoms with E-state index in [9.17, 15) is 10.1 Å². The maximum absolute atomic E-state index is 10.9. The number of hydrogen-bond acceptors (Lipinski definition) is 4. The largest absolute Gasteiger partial charge is 0.490 e. The zero-order chi connectivity index (χ0) is 14.4. The van der Waals surface area contributed by atoms with E-state index in [1.807, 2.05) is 6.07 Å². The van der Waals surface area contributed by atoms with Crippen LogP contribution >= 0.6 is 0 Å². The second-order valence-corrected chi connectivity index (χ2v) is 4.94. The summed E-state index contributed by atoms with van der Waals surface area (Å²) < 4.78 is 4.99. The van der Waals surface area contributed by atoms with E-state index in [4.69, 9.17) is 4.74 Å². The lowest BCUT2D eigenvalue weighted by Crippen LogP contribution is -2.15. The van der Waals surface area contributed by atoms with Gasteiger partial charge < -0.3 is 10.1 Å². The number of hydrogen-bond donors (Lipinski definition) is 1. The lowest BCUT2D eigenvalue weighted by molar-refractivity contribution is -0.385. The molecule has 0 fully saturated rings. The summed E-state index contributed by atoms with van der Waals surface area (Å²) in [4.78, 5) is 10.5. The molecule has 0 aliphatic heterocycles. The van der Waals surface area contributed by atoms with Gasteiger partial charge in [0.2, 0.25) is 0 Å². The topological polar surface area (TPSA) is 64.4 Å². The molecule has 1 aromatic carbocycles. The monoisotopic (exact) mass is 276 g/mol. The quantitative estimate of drug-likeness (QED) is 0.359. The van der Waals surface area contributed by atoms with Crippen LogP contribution in [0.1, 0.15) is 31.2 Å². The fourth-order valence-corrected chi connectivity index (χ4v) is 2.43. The van der Waals surface area contributed by atoms with Crippen molar-refractivity contribution in [2.45, 2.75) is 32.2 Å². The molecule has 0 heterocycles. The molecule has 0 aromatic heterocycles. The molecule has 0 radical (unpaired) electrons. The molecule has 2 rings (SSSR count). The Balaban J connectivity index is 1.86. The average Bonchev–Trinajstić information content (AvgIpc) is 2.96. The zero-order valence-electron chi connectivity index (χ0n) is 11.7. The van der Waals surface area contributed by atoms with Gasteiger partial charge in [0.05, 0.1) is 12.0 Å². The van der Waals surface area contributed by atoms with E-state index in [1.54, 1.807) is 12.1 Å². The van der Waals surface area contributed by atoms with Gasteiger partial charge in [-0.3, -0.25) is 10.1 Å². The van der Waals surface area contributed by atoms with Crippen molar-refractivity contribution >= 4 is 5.69 Å². The van der Waals surface area contributed by atoms with Gasteiger partial charge in [-0.2, -0.15) is 0 Å². The summed E-state index contributed by atoms with van der Waals surface area (Å²) in [5.41, 5.74) is 2.45. The fourth-order valence-electron chi connectivity index (χ4n) is 2.43. The number of allylic oxidation sites excluding steroid dienone is 1. The first-order chi connectivity index (χ1) is 9.70. The summed E-state index contributed by atoms with van der Waals surface area (Å²) in [7, 11) is 1.44. The van der Waals surface area contributed by atoms with E-state index in [0.717, 1.165) is 18.5 Å². The molecular formula is C15H20N2O3. The van der Waals surface area contributed by atoms with Crippen LogP contribution in [0.25, 0.3) is 0 Å². The Morgan fingerprint density at radius 3 is 2.95 bits per heavy atom. The maximum Gasteiger partial charge on any atom is 0.311 e. The Morgan fingerprint density at radius 2 is 2.30 bits per heavy atom. The molecule has 1 aliphatic carbocycles. The van der Waals surface area contributed by atoms with Crippen LogP contribution in [-0.2, 0) is 6.54 Å². The van der Waals surface area contributed by atoms with Gasteiger partial charge in [0.25, 0.3) is 0 Å². The molecule has 1 aromatic rings. The first-order valence-electron chi connectivity index (χ1n) is 6.90. The minimum Gasteiger partial charge on any atom is -0.490 e. The Bertz CT molecular complexity index is 512. The van der Waals surface area contributed by atoms with E-state index in [0.29, 0.717) is 12.3 Å². The second kappa shape index (κ2) is 7.05. The third-order valence-corrected chi connectivity index (χ3v) is 3.53. The lowest BCUT2D eigenvalue weighted by atomic mass is 10.1. The van der Waals surface area contributed by atoms with Crippen molar-refractivity contribution in [3.05, 3.63) is 45.5 Å². The van der Waals surface area contributed by atoms with Crippen LogP contribution in [0, 0.1) is 10.1 Å². The smallest absolute Gasteiger partial charge is 0.311 e. The number of nitro groups is 1. The van der Waals surface area contributed by atoms with Gasteiger partial charge in [0, 0.05) is 12.6 Å². The highest BCUT2D eigenvalue weighted by atomic mass is 16.6. The van der Waals surface area contributed by atoms with Crippen molar-refractivity contribution in [3.8, 4) is 5.75 Å². The van der Waals surface area contributed by atoms with Crippen molar-refractivity contribution in [3.63, 3.8) is 0 Å². The van der Waals surface area contributed by atoms with E-state index in [-0.39, 0.29) is 5.69 Å². The minimum atomic E-state index is -0.411. The summed E-state index contributed by atoms with van der Waals surface area (Å²) >= 11 is 0. The molecular weight excluding hydrogens is 256 g/mol. The van der Waals surface area contributed by atoms with Crippen LogP contribution in [0.3, 0.4) is 0 Å². The second-order valence-electron chi connectivity index (χ2n) is 4.94. The van der Waals surface area contributed by atoms with Gasteiger partial charge >= 0.3 is 5.69 Å². The van der Waals surface area contributed by atoms with Crippen LogP contribution in [0.15, 0.2) is 29.8 Å². The van der Waals surface area contributed by atoms with Gasteiger partial charge in [-0.15, -0.1) is 0 Å². The van der Waals surface area contributed by atoms with E-state index < -0.39 is 4.92 Å². The predicted molar refractivity (Wildman–Crippen MR) is 77.9 cm³/mol. The Labute approximate surface area is 118 Å². The Morgan fingerprint density at radius 1 is 1.45 bits per heavy atom. The summed E-state index contributed by atoms with van der Waals surface area (Å²) in [6, 6.07) is 5.07. The van der Waals surface area contributed by atoms with Crippen LogP contribution in [0.2, 0.25) is 0 Å². The predicted octanol–water partition coefficient (Wildman–Crippen LogP) is 3.19. The number of nitro benzene ring substituents is 1. The Kier molecular flexibility index (Phi) is 5.12. The van der Waals surface area contributed by atoms with Crippen molar-refractivity contribution in [1.82, 2.24) is 5.32 Å². The summed E-state index contributed by atoms with van der Waals surface area (Å²) in [6.45, 7) is 1.55. The van der Waals surface area contributed by atoms with Crippen LogP contribution < -0.4 is 10.1 Å². The van der Waals surface area contributed by atoms with Gasteiger partial charge in [-0.05, 0) is 43.9 Å². The van der Waals surface area contributed by atoms with Crippen molar-refractivity contribution in [2.24, 2.45) is 0 Å². The van der Waals surface area contributed by atoms with Gasteiger partial charge in [-0.25, -0.2) is 0 Å². The van der Waals surface area contributed by atoms with Crippen LogP contribution in [-0.4, -0.2) is 18.6 Å². The molecule has 0 unspecified atom stereocenters. The Hall–Kier alpha value is -1.88. The molecule has 5 nitrogen and oxygen atoms in total. The molecule has 0 saturated heterocycles. The molecule has 0 spiro atoms.